The van der Waals surface area contributed by atoms with Gasteiger partial charge in [-0.3, -0.25) is 0 Å². The molecule has 0 saturated heterocycles. The van der Waals surface area contributed by atoms with Crippen molar-refractivity contribution in [2.45, 2.75) is 56.5 Å². The van der Waals surface area contributed by atoms with Gasteiger partial charge in [-0.05, 0) is 38.5 Å². The third-order valence-electron chi connectivity index (χ3n) is 9.08. The van der Waals surface area contributed by atoms with Crippen LogP contribution in [0.25, 0.3) is 0 Å². The second-order valence-corrected chi connectivity index (χ2v) is 17.4. The highest BCUT2D eigenvalue weighted by Crippen LogP contribution is 2.42. The first kappa shape index (κ1) is 34.3. The summed E-state index contributed by atoms with van der Waals surface area (Å²) in [6, 6.07) is 53.2. The summed E-state index contributed by atoms with van der Waals surface area (Å²) in [6.07, 6.45) is 2.94. The van der Waals surface area contributed by atoms with Gasteiger partial charge in [0.05, 0.1) is 18.8 Å². The average molecular weight is 641 g/mol. The number of benzene rings is 5. The molecule has 0 unspecified atom stereocenters. The Morgan fingerprint density at radius 2 is 0.979 bits per heavy atom. The molecule has 0 radical (unpaired) electrons. The topological polar surface area (TPSA) is 27.7 Å². The Morgan fingerprint density at radius 1 is 0.596 bits per heavy atom. The molecule has 0 aliphatic heterocycles. The lowest BCUT2D eigenvalue weighted by molar-refractivity contribution is -0.0487. The second kappa shape index (κ2) is 15.7. The first-order chi connectivity index (χ1) is 22.8. The van der Waals surface area contributed by atoms with Crippen LogP contribution < -0.4 is 10.4 Å². The average Bonchev–Trinajstić information content (AvgIpc) is 3.12. The van der Waals surface area contributed by atoms with Crippen molar-refractivity contribution >= 4 is 18.7 Å². The fourth-order valence-electron chi connectivity index (χ4n) is 6.85. The van der Waals surface area contributed by atoms with E-state index in [0.29, 0.717) is 13.0 Å². The van der Waals surface area contributed by atoms with Crippen molar-refractivity contribution in [3.8, 4) is 0 Å². The van der Waals surface area contributed by atoms with Crippen LogP contribution in [0, 0.1) is 0 Å². The number of hydrogen-bond acceptors (Lipinski definition) is 3. The van der Waals surface area contributed by atoms with Gasteiger partial charge in [0.25, 0.3) is 8.32 Å². The van der Waals surface area contributed by atoms with Gasteiger partial charge in [0.2, 0.25) is 0 Å². The lowest BCUT2D eigenvalue weighted by atomic mass is 9.80. The van der Waals surface area contributed by atoms with Crippen molar-refractivity contribution in [3.63, 3.8) is 0 Å². The Morgan fingerprint density at radius 3 is 1.32 bits per heavy atom. The van der Waals surface area contributed by atoms with Crippen LogP contribution >= 0.6 is 0 Å². The summed E-state index contributed by atoms with van der Waals surface area (Å²) in [5.74, 6) is 0. The van der Waals surface area contributed by atoms with Gasteiger partial charge in [-0.25, -0.2) is 0 Å². The minimum Gasteiger partial charge on any atom is -0.402 e. The highest BCUT2D eigenvalue weighted by molar-refractivity contribution is 6.99. The first-order valence-electron chi connectivity index (χ1n) is 16.6. The molecule has 5 aromatic carbocycles. The normalized spacial score (nSPS) is 13.5. The Balaban J connectivity index is 1.68. The van der Waals surface area contributed by atoms with Gasteiger partial charge in [0.15, 0.2) is 0 Å². The smallest absolute Gasteiger partial charge is 0.261 e. The maximum Gasteiger partial charge on any atom is 0.261 e. The van der Waals surface area contributed by atoms with Gasteiger partial charge in [0.1, 0.15) is 5.60 Å². The lowest BCUT2D eigenvalue weighted by Crippen LogP contribution is -2.68. The van der Waals surface area contributed by atoms with E-state index >= 15 is 0 Å². The van der Waals surface area contributed by atoms with Gasteiger partial charge < -0.3 is 13.9 Å². The van der Waals surface area contributed by atoms with E-state index in [-0.39, 0.29) is 17.2 Å². The molecule has 0 saturated carbocycles. The zero-order valence-corrected chi connectivity index (χ0v) is 29.2. The summed E-state index contributed by atoms with van der Waals surface area (Å²) < 4.78 is 21.2. The maximum atomic E-state index is 7.76. The molecular weight excluding hydrogens is 593 g/mol. The van der Waals surface area contributed by atoms with Crippen LogP contribution in [0.4, 0.5) is 0 Å². The minimum atomic E-state index is -2.91. The predicted molar refractivity (Wildman–Crippen MR) is 198 cm³/mol. The van der Waals surface area contributed by atoms with Crippen LogP contribution in [-0.4, -0.2) is 34.2 Å². The van der Waals surface area contributed by atoms with Crippen LogP contribution in [0.1, 0.15) is 50.3 Å². The highest BCUT2D eigenvalue weighted by Gasteiger charge is 2.52. The monoisotopic (exact) mass is 640 g/mol. The molecule has 0 N–H and O–H groups in total. The highest BCUT2D eigenvalue weighted by atomic mass is 28.4. The van der Waals surface area contributed by atoms with Crippen LogP contribution in [0.3, 0.4) is 0 Å². The zero-order chi connectivity index (χ0) is 33.2. The van der Waals surface area contributed by atoms with Crippen molar-refractivity contribution in [1.82, 2.24) is 0 Å². The summed E-state index contributed by atoms with van der Waals surface area (Å²) in [6.45, 7) is 11.3. The van der Waals surface area contributed by atoms with Crippen LogP contribution in [0.5, 0.6) is 0 Å². The fraction of sp³-hybridized carbons (Fsp3) is 0.256. The Bertz CT molecular complexity index is 1500. The molecule has 4 heteroatoms. The largest absolute Gasteiger partial charge is 0.402 e. The maximum absolute atomic E-state index is 7.76. The van der Waals surface area contributed by atoms with Crippen molar-refractivity contribution in [2.24, 2.45) is 0 Å². The lowest BCUT2D eigenvalue weighted by Gasteiger charge is -2.46. The van der Waals surface area contributed by atoms with E-state index in [2.05, 4.69) is 179 Å². The van der Waals surface area contributed by atoms with Gasteiger partial charge in [-0.15, -0.1) is 6.58 Å². The number of methoxy groups -OCH3 is 1. The van der Waals surface area contributed by atoms with E-state index in [1.54, 1.807) is 7.11 Å². The van der Waals surface area contributed by atoms with Crippen LogP contribution in [0.15, 0.2) is 164 Å². The van der Waals surface area contributed by atoms with E-state index in [0.717, 1.165) is 23.1 Å². The minimum absolute atomic E-state index is 0.0705. The molecule has 0 aliphatic rings. The van der Waals surface area contributed by atoms with Crippen LogP contribution in [0.2, 0.25) is 5.04 Å². The SMILES string of the molecule is C=CC[C@@H](C[C@@H](COC(c1ccccc1)(c1ccccc1)c1ccccc1)O[Si](c1ccccc1)(c1ccccc1)C(C)(C)C)OC. The predicted octanol–water partition coefficient (Wildman–Crippen LogP) is 8.92. The van der Waals surface area contributed by atoms with Crippen LogP contribution in [-0.2, 0) is 19.5 Å². The quantitative estimate of drug-likeness (QED) is 0.0650. The van der Waals surface area contributed by atoms with Crippen molar-refractivity contribution in [1.29, 1.82) is 0 Å². The molecule has 3 nitrogen and oxygen atoms in total. The molecule has 0 aromatic heterocycles. The summed E-state index contributed by atoms with van der Waals surface area (Å²) in [5.41, 5.74) is 2.33. The number of rotatable bonds is 15. The van der Waals surface area contributed by atoms with E-state index in [4.69, 9.17) is 13.9 Å². The van der Waals surface area contributed by atoms with Crippen molar-refractivity contribution in [3.05, 3.63) is 181 Å². The molecule has 47 heavy (non-hydrogen) atoms. The first-order valence-corrected chi connectivity index (χ1v) is 18.5. The summed E-state index contributed by atoms with van der Waals surface area (Å²) in [7, 11) is -1.14. The fourth-order valence-corrected chi connectivity index (χ4v) is 11.5. The number of ether oxygens (including phenoxy) is 2. The van der Waals surface area contributed by atoms with Gasteiger partial charge in [-0.2, -0.15) is 0 Å². The molecular formula is C43H48O3Si. The van der Waals surface area contributed by atoms with Gasteiger partial charge >= 0.3 is 0 Å². The molecule has 0 amide bonds. The van der Waals surface area contributed by atoms with E-state index in [9.17, 15) is 0 Å². The zero-order valence-electron chi connectivity index (χ0n) is 28.2. The van der Waals surface area contributed by atoms with Crippen molar-refractivity contribution < 1.29 is 13.9 Å². The molecule has 0 bridgehead atoms. The summed E-state index contributed by atoms with van der Waals surface area (Å²) >= 11 is 0. The molecule has 0 heterocycles. The molecule has 0 spiro atoms. The Kier molecular flexibility index (Phi) is 11.4. The second-order valence-electron chi connectivity index (χ2n) is 13.1. The van der Waals surface area contributed by atoms with Crippen molar-refractivity contribution in [2.75, 3.05) is 13.7 Å². The van der Waals surface area contributed by atoms with Gasteiger partial charge in [-0.1, -0.05) is 179 Å². The molecule has 0 aliphatic carbocycles. The van der Waals surface area contributed by atoms with E-state index < -0.39 is 13.9 Å². The van der Waals surface area contributed by atoms with E-state index in [1.807, 2.05) is 6.08 Å². The van der Waals surface area contributed by atoms with Gasteiger partial charge in [0, 0.05) is 13.5 Å². The standard InChI is InChI=1S/C43H48O3Si/c1-6-22-38(44-5)33-39(46-47(42(2,3)4,40-29-18-10-19-30-40)41-31-20-11-21-32-41)34-45-43(35-23-12-7-13-24-35,36-25-14-8-15-26-36)37-27-16-9-17-28-37/h6-21,23-32,38-39H,1,22,33-34H2,2-5H3/t38-,39-/m0/s1. The molecule has 2 atom stereocenters. The number of hydrogen-bond donors (Lipinski definition) is 0. The molecule has 5 rings (SSSR count). The summed E-state index contributed by atoms with van der Waals surface area (Å²) in [5, 5.41) is 2.29. The molecule has 5 aromatic rings. The third-order valence-corrected chi connectivity index (χ3v) is 14.2. The third kappa shape index (κ3) is 7.42. The van der Waals surface area contributed by atoms with E-state index in [1.165, 1.54) is 10.4 Å². The summed E-state index contributed by atoms with van der Waals surface area (Å²) in [4.78, 5) is 0. The Hall–Kier alpha value is -4.06. The molecule has 242 valence electrons. The molecule has 0 fully saturated rings. The Labute approximate surface area is 283 Å².